The monoisotopic (exact) mass is 650 g/mol. The van der Waals surface area contributed by atoms with Crippen molar-refractivity contribution in [3.05, 3.63) is 149 Å². The van der Waals surface area contributed by atoms with Crippen molar-refractivity contribution in [3.8, 4) is 11.5 Å². The quantitative estimate of drug-likeness (QED) is 0.0720. The average Bonchev–Trinajstić information content (AvgIpc) is 3.06. The van der Waals surface area contributed by atoms with Crippen LogP contribution in [0.4, 0.5) is 5.82 Å². The number of allylic oxidation sites excluding steroid dienone is 1. The fourth-order valence-electron chi connectivity index (χ4n) is 5.08. The number of fused-ring (bicyclic) bond motifs is 1. The summed E-state index contributed by atoms with van der Waals surface area (Å²) in [6.07, 6.45) is 2.84. The highest BCUT2D eigenvalue weighted by Gasteiger charge is 2.38. The standard InChI is InChI=1S/C36H35BrN4O3/c1-5-25(2)38-23-40-35-34-32(39-24-41-35)20-30(37)21-33(34)44-26(3)22-43-36(27-12-8-6-9-13-27,28-14-10-7-11-15-28)29-16-18-31(42-4)19-17-29/h5-21,24,26,38H,1-2,22-23H2,3-4H3,(H,39,40,41)/t26-/m1/s1. The molecule has 5 rings (SSSR count). The van der Waals surface area contributed by atoms with E-state index in [9.17, 15) is 0 Å². The van der Waals surface area contributed by atoms with Gasteiger partial charge in [-0.2, -0.15) is 0 Å². The van der Waals surface area contributed by atoms with Gasteiger partial charge in [-0.1, -0.05) is 102 Å². The smallest absolute Gasteiger partial charge is 0.143 e. The van der Waals surface area contributed by atoms with Crippen molar-refractivity contribution in [3.63, 3.8) is 0 Å². The minimum Gasteiger partial charge on any atom is -0.497 e. The number of hydrogen-bond acceptors (Lipinski definition) is 7. The second-order valence-corrected chi connectivity index (χ2v) is 11.1. The van der Waals surface area contributed by atoms with Crippen LogP contribution in [0.15, 0.2) is 133 Å². The molecule has 0 unspecified atom stereocenters. The molecule has 0 bridgehead atoms. The van der Waals surface area contributed by atoms with E-state index in [-0.39, 0.29) is 12.7 Å². The summed E-state index contributed by atoms with van der Waals surface area (Å²) in [6.45, 7) is 10.3. The van der Waals surface area contributed by atoms with E-state index in [1.807, 2.05) is 67.6 Å². The number of methoxy groups -OCH3 is 1. The molecule has 0 fully saturated rings. The Morgan fingerprint density at radius 2 is 1.57 bits per heavy atom. The van der Waals surface area contributed by atoms with Crippen LogP contribution in [-0.2, 0) is 10.3 Å². The van der Waals surface area contributed by atoms with E-state index >= 15 is 0 Å². The maximum Gasteiger partial charge on any atom is 0.143 e. The lowest BCUT2D eigenvalue weighted by Gasteiger charge is -2.37. The predicted octanol–water partition coefficient (Wildman–Crippen LogP) is 7.84. The van der Waals surface area contributed by atoms with Crippen molar-refractivity contribution in [1.29, 1.82) is 0 Å². The Balaban J connectivity index is 1.49. The van der Waals surface area contributed by atoms with Gasteiger partial charge in [-0.3, -0.25) is 0 Å². The Morgan fingerprint density at radius 1 is 0.932 bits per heavy atom. The fourth-order valence-corrected chi connectivity index (χ4v) is 5.50. The van der Waals surface area contributed by atoms with Gasteiger partial charge in [0.1, 0.15) is 35.3 Å². The number of nitrogens with one attached hydrogen (secondary N) is 2. The summed E-state index contributed by atoms with van der Waals surface area (Å²) in [4.78, 5) is 8.98. The first-order valence-corrected chi connectivity index (χ1v) is 15.0. The van der Waals surface area contributed by atoms with Gasteiger partial charge < -0.3 is 24.8 Å². The Kier molecular flexibility index (Phi) is 9.94. The highest BCUT2D eigenvalue weighted by Crippen LogP contribution is 2.41. The normalized spacial score (nSPS) is 11.9. The zero-order valence-electron chi connectivity index (χ0n) is 24.8. The SMILES string of the molecule is C=CC(=C)NCNc1ncnc2cc(Br)cc(O[C@H](C)COC(c3ccccc3)(c3ccccc3)c3ccc(OC)cc3)c12. The van der Waals surface area contributed by atoms with Gasteiger partial charge in [0.05, 0.1) is 31.3 Å². The number of ether oxygens (including phenoxy) is 3. The molecule has 1 aromatic heterocycles. The van der Waals surface area contributed by atoms with E-state index in [0.717, 1.165) is 37.8 Å². The van der Waals surface area contributed by atoms with Gasteiger partial charge in [0.2, 0.25) is 0 Å². The van der Waals surface area contributed by atoms with Gasteiger partial charge >= 0.3 is 0 Å². The molecule has 0 saturated heterocycles. The second-order valence-electron chi connectivity index (χ2n) is 10.2. The fraction of sp³-hybridized carbons (Fsp3) is 0.167. The highest BCUT2D eigenvalue weighted by molar-refractivity contribution is 9.10. The number of halogens is 1. The highest BCUT2D eigenvalue weighted by atomic mass is 79.9. The van der Waals surface area contributed by atoms with E-state index in [2.05, 4.69) is 86.1 Å². The van der Waals surface area contributed by atoms with Crippen LogP contribution in [0.25, 0.3) is 10.9 Å². The summed E-state index contributed by atoms with van der Waals surface area (Å²) < 4.78 is 19.9. The van der Waals surface area contributed by atoms with Crippen LogP contribution in [0.2, 0.25) is 0 Å². The second kappa shape index (κ2) is 14.2. The van der Waals surface area contributed by atoms with Crippen LogP contribution in [-0.4, -0.2) is 36.5 Å². The number of nitrogens with zero attached hydrogens (tertiary/aromatic N) is 2. The Labute approximate surface area is 266 Å². The number of benzene rings is 4. The third kappa shape index (κ3) is 6.77. The summed E-state index contributed by atoms with van der Waals surface area (Å²) in [7, 11) is 1.66. The minimum atomic E-state index is -0.902. The first-order valence-electron chi connectivity index (χ1n) is 14.2. The minimum absolute atomic E-state index is 0.279. The van der Waals surface area contributed by atoms with Crippen LogP contribution in [0.5, 0.6) is 11.5 Å². The van der Waals surface area contributed by atoms with E-state index < -0.39 is 5.60 Å². The summed E-state index contributed by atoms with van der Waals surface area (Å²) in [6, 6.07) is 32.4. The van der Waals surface area contributed by atoms with Crippen molar-refractivity contribution in [2.45, 2.75) is 18.6 Å². The number of aromatic nitrogens is 2. The third-order valence-electron chi connectivity index (χ3n) is 7.20. The molecule has 0 radical (unpaired) electrons. The van der Waals surface area contributed by atoms with Crippen LogP contribution in [0.1, 0.15) is 23.6 Å². The first kappa shape index (κ1) is 30.8. The van der Waals surface area contributed by atoms with Crippen LogP contribution < -0.4 is 20.1 Å². The predicted molar refractivity (Wildman–Crippen MR) is 180 cm³/mol. The molecular formula is C36H35BrN4O3. The van der Waals surface area contributed by atoms with Crippen molar-refractivity contribution in [2.24, 2.45) is 0 Å². The van der Waals surface area contributed by atoms with Crippen LogP contribution >= 0.6 is 15.9 Å². The Morgan fingerprint density at radius 3 is 2.18 bits per heavy atom. The van der Waals surface area contributed by atoms with Gasteiger partial charge in [-0.05, 0) is 54.0 Å². The molecule has 0 saturated carbocycles. The van der Waals surface area contributed by atoms with Gasteiger partial charge in [0.15, 0.2) is 0 Å². The lowest BCUT2D eigenvalue weighted by molar-refractivity contribution is -0.0253. The van der Waals surface area contributed by atoms with Crippen molar-refractivity contribution in [2.75, 3.05) is 25.7 Å². The molecule has 44 heavy (non-hydrogen) atoms. The largest absolute Gasteiger partial charge is 0.497 e. The molecule has 0 aliphatic heterocycles. The molecule has 0 aliphatic carbocycles. The number of anilines is 1. The average molecular weight is 652 g/mol. The summed E-state index contributed by atoms with van der Waals surface area (Å²) in [5.74, 6) is 2.04. The van der Waals surface area contributed by atoms with Crippen molar-refractivity contribution >= 4 is 32.7 Å². The zero-order valence-corrected chi connectivity index (χ0v) is 26.4. The molecule has 1 atom stereocenters. The lowest BCUT2D eigenvalue weighted by atomic mass is 9.80. The Hall–Kier alpha value is -4.66. The molecule has 0 spiro atoms. The van der Waals surface area contributed by atoms with E-state index in [1.54, 1.807) is 13.2 Å². The van der Waals surface area contributed by atoms with Gasteiger partial charge in [-0.15, -0.1) is 0 Å². The van der Waals surface area contributed by atoms with Crippen LogP contribution in [0, 0.1) is 0 Å². The van der Waals surface area contributed by atoms with Gasteiger partial charge in [0.25, 0.3) is 0 Å². The van der Waals surface area contributed by atoms with Crippen LogP contribution in [0.3, 0.4) is 0 Å². The molecule has 5 aromatic rings. The zero-order chi connectivity index (χ0) is 30.9. The van der Waals surface area contributed by atoms with Crippen molar-refractivity contribution < 1.29 is 14.2 Å². The lowest BCUT2D eigenvalue weighted by Crippen LogP contribution is -2.36. The van der Waals surface area contributed by atoms with E-state index in [1.165, 1.54) is 6.33 Å². The molecule has 1 heterocycles. The number of rotatable bonds is 14. The summed E-state index contributed by atoms with van der Waals surface area (Å²) in [5, 5.41) is 7.22. The summed E-state index contributed by atoms with van der Waals surface area (Å²) >= 11 is 3.62. The topological polar surface area (TPSA) is 77.5 Å². The van der Waals surface area contributed by atoms with E-state index in [4.69, 9.17) is 14.2 Å². The molecule has 4 aromatic carbocycles. The third-order valence-corrected chi connectivity index (χ3v) is 7.66. The maximum atomic E-state index is 7.02. The first-order chi connectivity index (χ1) is 21.4. The molecule has 8 heteroatoms. The van der Waals surface area contributed by atoms with E-state index in [0.29, 0.717) is 23.9 Å². The maximum absolute atomic E-state index is 7.02. The molecule has 0 aliphatic rings. The van der Waals surface area contributed by atoms with Gasteiger partial charge in [0, 0.05) is 10.2 Å². The molecule has 2 N–H and O–H groups in total. The molecule has 0 amide bonds. The summed E-state index contributed by atoms with van der Waals surface area (Å²) in [5.41, 5.74) is 3.53. The molecular weight excluding hydrogens is 616 g/mol. The number of hydrogen-bond donors (Lipinski definition) is 2. The molecule has 224 valence electrons. The van der Waals surface area contributed by atoms with Crippen molar-refractivity contribution in [1.82, 2.24) is 15.3 Å². The molecule has 7 nitrogen and oxygen atoms in total. The van der Waals surface area contributed by atoms with Gasteiger partial charge in [-0.25, -0.2) is 9.97 Å². The Bertz CT molecular complexity index is 1670.